The summed E-state index contributed by atoms with van der Waals surface area (Å²) in [5.41, 5.74) is 0.754. The third kappa shape index (κ3) is 3.37. The molecular formula is C13H16BrClFNO. The molecule has 18 heavy (non-hydrogen) atoms. The molecule has 100 valence electrons. The van der Waals surface area contributed by atoms with Crippen molar-refractivity contribution in [3.8, 4) is 0 Å². The molecule has 0 aromatic heterocycles. The lowest BCUT2D eigenvalue weighted by molar-refractivity contribution is -0.0337. The Kier molecular flexibility index (Phi) is 4.51. The van der Waals surface area contributed by atoms with E-state index in [9.17, 15) is 4.39 Å². The molecule has 0 aliphatic carbocycles. The fourth-order valence-corrected chi connectivity index (χ4v) is 3.33. The summed E-state index contributed by atoms with van der Waals surface area (Å²) in [6, 6.07) is 3.03. The molecule has 0 saturated carbocycles. The fraction of sp³-hybridized carbons (Fsp3) is 0.538. The van der Waals surface area contributed by atoms with Crippen LogP contribution in [0, 0.1) is 5.82 Å². The van der Waals surface area contributed by atoms with E-state index in [1.807, 2.05) is 0 Å². The van der Waals surface area contributed by atoms with Crippen molar-refractivity contribution in [2.75, 3.05) is 5.32 Å². The van der Waals surface area contributed by atoms with Crippen molar-refractivity contribution in [2.24, 2.45) is 0 Å². The standard InChI is InChI=1S/C13H16BrClFNO/c1-7-3-10(4-8(2)18-7)17-13-11(14)5-9(16)6-12(13)15/h5-8,10,17H,3-4H2,1-2H3. The van der Waals surface area contributed by atoms with Crippen LogP contribution in [0.15, 0.2) is 16.6 Å². The fourth-order valence-electron chi connectivity index (χ4n) is 2.41. The zero-order chi connectivity index (χ0) is 13.3. The number of nitrogens with one attached hydrogen (secondary N) is 1. The van der Waals surface area contributed by atoms with Gasteiger partial charge in [0.25, 0.3) is 0 Å². The smallest absolute Gasteiger partial charge is 0.125 e. The molecule has 1 aliphatic rings. The van der Waals surface area contributed by atoms with E-state index >= 15 is 0 Å². The number of ether oxygens (including phenoxy) is 1. The number of benzene rings is 1. The molecule has 0 amide bonds. The average Bonchev–Trinajstić information content (AvgIpc) is 2.22. The lowest BCUT2D eigenvalue weighted by Crippen LogP contribution is -2.37. The van der Waals surface area contributed by atoms with Crippen LogP contribution >= 0.6 is 27.5 Å². The van der Waals surface area contributed by atoms with Crippen molar-refractivity contribution in [3.63, 3.8) is 0 Å². The van der Waals surface area contributed by atoms with Gasteiger partial charge in [0, 0.05) is 10.5 Å². The lowest BCUT2D eigenvalue weighted by Gasteiger charge is -2.33. The molecule has 1 N–H and O–H groups in total. The Bertz CT molecular complexity index is 410. The number of halogens is 3. The summed E-state index contributed by atoms with van der Waals surface area (Å²) in [6.45, 7) is 4.12. The van der Waals surface area contributed by atoms with Gasteiger partial charge in [0.1, 0.15) is 5.82 Å². The van der Waals surface area contributed by atoms with E-state index < -0.39 is 0 Å². The lowest BCUT2D eigenvalue weighted by atomic mass is 9.99. The number of hydrogen-bond acceptors (Lipinski definition) is 2. The molecule has 1 heterocycles. The average molecular weight is 337 g/mol. The summed E-state index contributed by atoms with van der Waals surface area (Å²) in [7, 11) is 0. The van der Waals surface area contributed by atoms with Crippen LogP contribution in [-0.4, -0.2) is 18.2 Å². The maximum atomic E-state index is 13.1. The van der Waals surface area contributed by atoms with Crippen LogP contribution in [0.4, 0.5) is 10.1 Å². The van der Waals surface area contributed by atoms with Gasteiger partial charge in [0.15, 0.2) is 0 Å². The number of anilines is 1. The minimum atomic E-state index is -0.342. The van der Waals surface area contributed by atoms with Gasteiger partial charge < -0.3 is 10.1 Å². The first kappa shape index (κ1) is 14.1. The van der Waals surface area contributed by atoms with E-state index in [1.54, 1.807) is 0 Å². The van der Waals surface area contributed by atoms with Crippen molar-refractivity contribution in [1.82, 2.24) is 0 Å². The molecule has 0 spiro atoms. The van der Waals surface area contributed by atoms with Crippen LogP contribution in [0.3, 0.4) is 0 Å². The van der Waals surface area contributed by atoms with Crippen LogP contribution < -0.4 is 5.32 Å². The van der Waals surface area contributed by atoms with E-state index in [-0.39, 0.29) is 18.0 Å². The molecule has 2 unspecified atom stereocenters. The SMILES string of the molecule is CC1CC(Nc2c(Cl)cc(F)cc2Br)CC(C)O1. The Morgan fingerprint density at radius 2 is 1.94 bits per heavy atom. The summed E-state index contributed by atoms with van der Waals surface area (Å²) < 4.78 is 19.5. The quantitative estimate of drug-likeness (QED) is 0.851. The molecule has 2 atom stereocenters. The summed E-state index contributed by atoms with van der Waals surface area (Å²) in [6.07, 6.45) is 2.29. The molecule has 1 aromatic rings. The van der Waals surface area contributed by atoms with Gasteiger partial charge in [-0.3, -0.25) is 0 Å². The Balaban J connectivity index is 2.14. The van der Waals surface area contributed by atoms with E-state index in [1.165, 1.54) is 12.1 Å². The molecule has 0 radical (unpaired) electrons. The van der Waals surface area contributed by atoms with Crippen LogP contribution in [0.1, 0.15) is 26.7 Å². The highest BCUT2D eigenvalue weighted by Crippen LogP contribution is 2.34. The molecule has 1 aromatic carbocycles. The summed E-state index contributed by atoms with van der Waals surface area (Å²) >= 11 is 9.40. The van der Waals surface area contributed by atoms with Crippen LogP contribution in [0.2, 0.25) is 5.02 Å². The minimum absolute atomic E-state index is 0.226. The van der Waals surface area contributed by atoms with Crippen molar-refractivity contribution in [3.05, 3.63) is 27.4 Å². The second-order valence-electron chi connectivity index (χ2n) is 4.81. The van der Waals surface area contributed by atoms with Gasteiger partial charge in [-0.15, -0.1) is 0 Å². The molecule has 2 rings (SSSR count). The number of rotatable bonds is 2. The largest absolute Gasteiger partial charge is 0.380 e. The van der Waals surface area contributed by atoms with E-state index in [4.69, 9.17) is 16.3 Å². The third-order valence-electron chi connectivity index (χ3n) is 3.05. The first-order valence-electron chi connectivity index (χ1n) is 6.02. The molecule has 5 heteroatoms. The normalized spacial score (nSPS) is 28.2. The molecule has 1 fully saturated rings. The van der Waals surface area contributed by atoms with Gasteiger partial charge in [-0.25, -0.2) is 4.39 Å². The maximum Gasteiger partial charge on any atom is 0.125 e. The Labute approximate surface area is 120 Å². The van der Waals surface area contributed by atoms with Crippen LogP contribution in [-0.2, 0) is 4.74 Å². The van der Waals surface area contributed by atoms with Crippen molar-refractivity contribution in [2.45, 2.75) is 44.9 Å². The molecule has 1 saturated heterocycles. The summed E-state index contributed by atoms with van der Waals surface area (Å²) in [5.74, 6) is -0.342. The monoisotopic (exact) mass is 335 g/mol. The zero-order valence-corrected chi connectivity index (χ0v) is 12.7. The van der Waals surface area contributed by atoms with Gasteiger partial charge >= 0.3 is 0 Å². The highest BCUT2D eigenvalue weighted by molar-refractivity contribution is 9.10. The van der Waals surface area contributed by atoms with Gasteiger partial charge in [-0.2, -0.15) is 0 Å². The predicted octanol–water partition coefficient (Wildman–Crippen LogP) is 4.61. The topological polar surface area (TPSA) is 21.3 Å². The summed E-state index contributed by atoms with van der Waals surface area (Å²) in [5, 5.41) is 3.78. The summed E-state index contributed by atoms with van der Waals surface area (Å²) in [4.78, 5) is 0. The highest BCUT2D eigenvalue weighted by Gasteiger charge is 2.25. The molecule has 0 bridgehead atoms. The van der Waals surface area contributed by atoms with Crippen LogP contribution in [0.5, 0.6) is 0 Å². The third-order valence-corrected chi connectivity index (χ3v) is 3.98. The minimum Gasteiger partial charge on any atom is -0.380 e. The Hall–Kier alpha value is -0.320. The molecule has 1 aliphatic heterocycles. The number of hydrogen-bond donors (Lipinski definition) is 1. The maximum absolute atomic E-state index is 13.1. The Morgan fingerprint density at radius 1 is 1.33 bits per heavy atom. The van der Waals surface area contributed by atoms with Gasteiger partial charge in [-0.05, 0) is 54.8 Å². The molecular weight excluding hydrogens is 321 g/mol. The first-order valence-corrected chi connectivity index (χ1v) is 7.19. The second kappa shape index (κ2) is 5.76. The highest BCUT2D eigenvalue weighted by atomic mass is 79.9. The van der Waals surface area contributed by atoms with Crippen molar-refractivity contribution in [1.29, 1.82) is 0 Å². The van der Waals surface area contributed by atoms with E-state index in [2.05, 4.69) is 35.1 Å². The van der Waals surface area contributed by atoms with Crippen molar-refractivity contribution < 1.29 is 9.13 Å². The Morgan fingerprint density at radius 3 is 2.50 bits per heavy atom. The van der Waals surface area contributed by atoms with E-state index in [0.29, 0.717) is 15.5 Å². The van der Waals surface area contributed by atoms with Crippen LogP contribution in [0.25, 0.3) is 0 Å². The second-order valence-corrected chi connectivity index (χ2v) is 6.08. The molecule has 2 nitrogen and oxygen atoms in total. The first-order chi connectivity index (χ1) is 8.45. The van der Waals surface area contributed by atoms with Gasteiger partial charge in [0.2, 0.25) is 0 Å². The van der Waals surface area contributed by atoms with E-state index in [0.717, 1.165) is 18.5 Å². The van der Waals surface area contributed by atoms with Crippen molar-refractivity contribution >= 4 is 33.2 Å². The van der Waals surface area contributed by atoms with Gasteiger partial charge in [-0.1, -0.05) is 11.6 Å². The zero-order valence-electron chi connectivity index (χ0n) is 10.3. The predicted molar refractivity (Wildman–Crippen MR) is 75.8 cm³/mol. The van der Waals surface area contributed by atoms with Gasteiger partial charge in [0.05, 0.1) is 22.9 Å².